The average Bonchev–Trinajstić information content (AvgIpc) is 2.68. The molecule has 0 aliphatic rings. The molecular weight excluding hydrogens is 382 g/mol. The van der Waals surface area contributed by atoms with Crippen LogP contribution in [0.4, 0.5) is 0 Å². The first-order chi connectivity index (χ1) is 13.9. The van der Waals surface area contributed by atoms with Gasteiger partial charge in [0.2, 0.25) is 5.88 Å². The highest BCUT2D eigenvalue weighted by atomic mass is 32.2. The van der Waals surface area contributed by atoms with Gasteiger partial charge in [-0.05, 0) is 44.2 Å². The summed E-state index contributed by atoms with van der Waals surface area (Å²) in [6, 6.07) is 14.0. The largest absolute Gasteiger partial charge is 0.438 e. The molecule has 3 rings (SSSR count). The van der Waals surface area contributed by atoms with Crippen LogP contribution in [0.2, 0.25) is 0 Å². The molecular formula is C23H25N3O2S. The molecule has 0 unspecified atom stereocenters. The van der Waals surface area contributed by atoms with Crippen LogP contribution in [0.3, 0.4) is 0 Å². The molecule has 1 aromatic heterocycles. The summed E-state index contributed by atoms with van der Waals surface area (Å²) in [6.07, 6.45) is 3.44. The molecule has 0 aliphatic heterocycles. The smallest absolute Gasteiger partial charge is 0.260 e. The fourth-order valence-electron chi connectivity index (χ4n) is 3.16. The van der Waals surface area contributed by atoms with Gasteiger partial charge in [-0.3, -0.25) is 4.79 Å². The van der Waals surface area contributed by atoms with Gasteiger partial charge in [0.1, 0.15) is 11.3 Å². The van der Waals surface area contributed by atoms with Gasteiger partial charge in [0, 0.05) is 19.8 Å². The highest BCUT2D eigenvalue weighted by Gasteiger charge is 2.21. The van der Waals surface area contributed by atoms with Gasteiger partial charge in [0.05, 0.1) is 0 Å². The van der Waals surface area contributed by atoms with Gasteiger partial charge < -0.3 is 9.64 Å². The molecule has 0 saturated carbocycles. The summed E-state index contributed by atoms with van der Waals surface area (Å²) in [6.45, 7) is 6.57. The van der Waals surface area contributed by atoms with Crippen molar-refractivity contribution in [2.45, 2.75) is 32.5 Å². The Morgan fingerprint density at radius 2 is 1.79 bits per heavy atom. The molecule has 6 heteroatoms. The Morgan fingerprint density at radius 3 is 2.45 bits per heavy atom. The third-order valence-electron chi connectivity index (χ3n) is 4.49. The molecule has 0 fully saturated rings. The zero-order valence-corrected chi connectivity index (χ0v) is 18.2. The van der Waals surface area contributed by atoms with Crippen LogP contribution in [0.15, 0.2) is 53.8 Å². The molecule has 1 heterocycles. The molecule has 0 aliphatic carbocycles. The van der Waals surface area contributed by atoms with Gasteiger partial charge in [-0.2, -0.15) is 4.98 Å². The Kier molecular flexibility index (Phi) is 6.54. The molecule has 0 saturated heterocycles. The molecule has 2 aromatic carbocycles. The number of aromatic nitrogens is 2. The molecule has 0 bridgehead atoms. The van der Waals surface area contributed by atoms with Gasteiger partial charge in [0.25, 0.3) is 5.91 Å². The zero-order valence-electron chi connectivity index (χ0n) is 17.4. The van der Waals surface area contributed by atoms with Crippen LogP contribution in [0.25, 0.3) is 0 Å². The van der Waals surface area contributed by atoms with Crippen LogP contribution in [0.1, 0.15) is 32.6 Å². The lowest BCUT2D eigenvalue weighted by atomic mass is 10.1. The maximum Gasteiger partial charge on any atom is 0.260 e. The number of aryl methyl sites for hydroxylation is 3. The molecule has 3 aromatic rings. The summed E-state index contributed by atoms with van der Waals surface area (Å²) in [7, 11) is 1.78. The minimum Gasteiger partial charge on any atom is -0.438 e. The standard InChI is InChI=1S/C23H25N3O2S/c1-15-10-16(2)12-18(11-15)14-26(4)22(27)19-13-24-23(29-5)25-21(19)28-20-9-7-6-8-17(20)3/h6-13H,14H2,1-5H3. The van der Waals surface area contributed by atoms with Gasteiger partial charge in [-0.15, -0.1) is 0 Å². The van der Waals surface area contributed by atoms with Crippen molar-refractivity contribution in [3.63, 3.8) is 0 Å². The van der Waals surface area contributed by atoms with E-state index in [1.807, 2.05) is 37.4 Å². The number of benzene rings is 2. The van der Waals surface area contributed by atoms with Crippen LogP contribution in [-0.4, -0.2) is 34.1 Å². The van der Waals surface area contributed by atoms with Crippen LogP contribution in [-0.2, 0) is 6.54 Å². The Hall–Kier alpha value is -2.86. The molecule has 5 nitrogen and oxygen atoms in total. The van der Waals surface area contributed by atoms with Gasteiger partial charge in [0.15, 0.2) is 5.16 Å². The Labute approximate surface area is 176 Å². The lowest BCUT2D eigenvalue weighted by molar-refractivity contribution is 0.0781. The first-order valence-corrected chi connectivity index (χ1v) is 10.6. The van der Waals surface area contributed by atoms with Crippen LogP contribution in [0.5, 0.6) is 11.6 Å². The number of ether oxygens (including phenoxy) is 1. The summed E-state index contributed by atoms with van der Waals surface area (Å²) in [5.41, 5.74) is 4.76. The van der Waals surface area contributed by atoms with E-state index in [9.17, 15) is 4.79 Å². The topological polar surface area (TPSA) is 55.3 Å². The highest BCUT2D eigenvalue weighted by Crippen LogP contribution is 2.28. The molecule has 0 radical (unpaired) electrons. The number of nitrogens with zero attached hydrogens (tertiary/aromatic N) is 3. The van der Waals surface area contributed by atoms with E-state index in [1.165, 1.54) is 22.9 Å². The van der Waals surface area contributed by atoms with Crippen molar-refractivity contribution < 1.29 is 9.53 Å². The van der Waals surface area contributed by atoms with E-state index in [2.05, 4.69) is 42.0 Å². The van der Waals surface area contributed by atoms with Crippen LogP contribution >= 0.6 is 11.8 Å². The van der Waals surface area contributed by atoms with Crippen molar-refractivity contribution >= 4 is 17.7 Å². The third-order valence-corrected chi connectivity index (χ3v) is 5.05. The lowest BCUT2D eigenvalue weighted by Crippen LogP contribution is -2.27. The van der Waals surface area contributed by atoms with Gasteiger partial charge in [-0.25, -0.2) is 4.98 Å². The van der Waals surface area contributed by atoms with E-state index < -0.39 is 0 Å². The SMILES string of the molecule is CSc1ncc(C(=O)N(C)Cc2cc(C)cc(C)c2)c(Oc2ccccc2C)n1. The monoisotopic (exact) mass is 407 g/mol. The highest BCUT2D eigenvalue weighted by molar-refractivity contribution is 7.98. The zero-order chi connectivity index (χ0) is 21.0. The predicted molar refractivity (Wildman–Crippen MR) is 117 cm³/mol. The van der Waals surface area contributed by atoms with Crippen molar-refractivity contribution in [1.82, 2.24) is 14.9 Å². The quantitative estimate of drug-likeness (QED) is 0.416. The van der Waals surface area contributed by atoms with Crippen molar-refractivity contribution in [1.29, 1.82) is 0 Å². The van der Waals surface area contributed by atoms with Gasteiger partial charge in [-0.1, -0.05) is 59.3 Å². The van der Waals surface area contributed by atoms with E-state index >= 15 is 0 Å². The normalized spacial score (nSPS) is 10.7. The summed E-state index contributed by atoms with van der Waals surface area (Å²) < 4.78 is 6.03. The third kappa shape index (κ3) is 5.15. The Morgan fingerprint density at radius 1 is 1.10 bits per heavy atom. The Bertz CT molecular complexity index is 1020. The Balaban J connectivity index is 1.90. The van der Waals surface area contributed by atoms with E-state index in [0.29, 0.717) is 23.0 Å². The molecule has 1 amide bonds. The second kappa shape index (κ2) is 9.09. The minimum absolute atomic E-state index is 0.180. The second-order valence-corrected chi connectivity index (χ2v) is 7.87. The summed E-state index contributed by atoms with van der Waals surface area (Å²) in [5.74, 6) is 0.764. The number of carbonyl (C=O) groups excluding carboxylic acids is 1. The number of para-hydroxylation sites is 1. The second-order valence-electron chi connectivity index (χ2n) is 7.10. The number of hydrogen-bond acceptors (Lipinski definition) is 5. The summed E-state index contributed by atoms with van der Waals surface area (Å²) in [4.78, 5) is 23.6. The average molecular weight is 408 g/mol. The van der Waals surface area contributed by atoms with E-state index in [4.69, 9.17) is 4.74 Å². The summed E-state index contributed by atoms with van der Waals surface area (Å²) >= 11 is 1.41. The molecule has 0 N–H and O–H groups in total. The molecule has 0 atom stereocenters. The van der Waals surface area contributed by atoms with Crippen molar-refractivity contribution in [2.24, 2.45) is 0 Å². The fourth-order valence-corrected chi connectivity index (χ4v) is 3.49. The van der Waals surface area contributed by atoms with E-state index in [1.54, 1.807) is 18.1 Å². The van der Waals surface area contributed by atoms with E-state index in [-0.39, 0.29) is 11.8 Å². The van der Waals surface area contributed by atoms with Crippen molar-refractivity contribution in [3.8, 4) is 11.6 Å². The number of amides is 1. The molecule has 150 valence electrons. The van der Waals surface area contributed by atoms with Gasteiger partial charge >= 0.3 is 0 Å². The molecule has 29 heavy (non-hydrogen) atoms. The fraction of sp³-hybridized carbons (Fsp3) is 0.261. The summed E-state index contributed by atoms with van der Waals surface area (Å²) in [5, 5.41) is 0.557. The van der Waals surface area contributed by atoms with Crippen LogP contribution < -0.4 is 4.74 Å². The maximum atomic E-state index is 13.2. The number of rotatable bonds is 6. The maximum absolute atomic E-state index is 13.2. The molecule has 0 spiro atoms. The number of thioether (sulfide) groups is 1. The van der Waals surface area contributed by atoms with E-state index in [0.717, 1.165) is 11.1 Å². The van der Waals surface area contributed by atoms with Crippen molar-refractivity contribution in [2.75, 3.05) is 13.3 Å². The van der Waals surface area contributed by atoms with Crippen molar-refractivity contribution in [3.05, 3.63) is 76.5 Å². The lowest BCUT2D eigenvalue weighted by Gasteiger charge is -2.19. The first kappa shape index (κ1) is 20.9. The van der Waals surface area contributed by atoms with Crippen LogP contribution in [0, 0.1) is 20.8 Å². The number of hydrogen-bond donors (Lipinski definition) is 0. The minimum atomic E-state index is -0.180. The predicted octanol–water partition coefficient (Wildman–Crippen LogP) is 5.19. The number of carbonyl (C=O) groups is 1. The first-order valence-electron chi connectivity index (χ1n) is 9.34.